The predicted octanol–water partition coefficient (Wildman–Crippen LogP) is 5.72. The lowest BCUT2D eigenvalue weighted by Gasteiger charge is -2.19. The first-order chi connectivity index (χ1) is 15.2. The van der Waals surface area contributed by atoms with Crippen molar-refractivity contribution in [2.24, 2.45) is 0 Å². The highest BCUT2D eigenvalue weighted by Crippen LogP contribution is 2.36. The Balaban J connectivity index is 1.67. The van der Waals surface area contributed by atoms with Crippen LogP contribution in [0.15, 0.2) is 78.9 Å². The van der Waals surface area contributed by atoms with E-state index in [1.165, 1.54) is 5.56 Å². The van der Waals surface area contributed by atoms with E-state index in [4.69, 9.17) is 9.47 Å². The number of allylic oxidation sites excluding steroid dienone is 1. The van der Waals surface area contributed by atoms with Crippen LogP contribution in [-0.4, -0.2) is 24.5 Å². The highest BCUT2D eigenvalue weighted by atomic mass is 16.5. The first kappa shape index (κ1) is 20.7. The third kappa shape index (κ3) is 4.64. The first-order valence-electron chi connectivity index (χ1n) is 10.7. The van der Waals surface area contributed by atoms with Gasteiger partial charge < -0.3 is 14.4 Å². The number of benzene rings is 3. The van der Waals surface area contributed by atoms with E-state index in [1.54, 1.807) is 7.11 Å². The Morgan fingerprint density at radius 2 is 1.61 bits per heavy atom. The van der Waals surface area contributed by atoms with Gasteiger partial charge in [-0.3, -0.25) is 4.79 Å². The molecule has 1 aliphatic rings. The third-order valence-corrected chi connectivity index (χ3v) is 5.38. The van der Waals surface area contributed by atoms with E-state index in [0.717, 1.165) is 41.2 Å². The van der Waals surface area contributed by atoms with Crippen molar-refractivity contribution < 1.29 is 14.3 Å². The summed E-state index contributed by atoms with van der Waals surface area (Å²) in [7, 11) is 1.65. The Bertz CT molecular complexity index is 1070. The van der Waals surface area contributed by atoms with Crippen molar-refractivity contribution in [2.45, 2.75) is 26.3 Å². The summed E-state index contributed by atoms with van der Waals surface area (Å²) in [5, 5.41) is 0. The molecule has 0 fully saturated rings. The van der Waals surface area contributed by atoms with E-state index in [-0.39, 0.29) is 5.91 Å². The SMILES string of the molecule is CCCOc1ccc2c(c1)C(=O)N(Cc1ccc(OC)cc1)/C2=C/Cc1ccccc1. The molecule has 0 atom stereocenters. The Hall–Kier alpha value is -3.53. The average Bonchev–Trinajstić information content (AvgIpc) is 3.08. The molecule has 4 nitrogen and oxygen atoms in total. The number of fused-ring (bicyclic) bond motifs is 1. The largest absolute Gasteiger partial charge is 0.497 e. The molecule has 4 rings (SSSR count). The van der Waals surface area contributed by atoms with E-state index in [9.17, 15) is 4.79 Å². The van der Waals surface area contributed by atoms with Gasteiger partial charge in [-0.25, -0.2) is 0 Å². The number of carbonyl (C=O) groups excluding carboxylic acids is 1. The smallest absolute Gasteiger partial charge is 0.259 e. The average molecular weight is 414 g/mol. The van der Waals surface area contributed by atoms with Crippen LogP contribution in [0, 0.1) is 0 Å². The van der Waals surface area contributed by atoms with Crippen LogP contribution in [0.4, 0.5) is 0 Å². The molecule has 0 aromatic heterocycles. The summed E-state index contributed by atoms with van der Waals surface area (Å²) < 4.78 is 11.0. The summed E-state index contributed by atoms with van der Waals surface area (Å²) >= 11 is 0. The van der Waals surface area contributed by atoms with Gasteiger partial charge in [0.15, 0.2) is 0 Å². The number of rotatable bonds is 8. The van der Waals surface area contributed by atoms with Crippen molar-refractivity contribution >= 4 is 11.6 Å². The fourth-order valence-corrected chi connectivity index (χ4v) is 3.75. The van der Waals surface area contributed by atoms with Gasteiger partial charge in [0.25, 0.3) is 5.91 Å². The van der Waals surface area contributed by atoms with Crippen LogP contribution in [0.5, 0.6) is 11.5 Å². The summed E-state index contributed by atoms with van der Waals surface area (Å²) in [6.07, 6.45) is 3.84. The van der Waals surface area contributed by atoms with Gasteiger partial charge in [-0.1, -0.05) is 55.5 Å². The second-order valence-corrected chi connectivity index (χ2v) is 7.57. The fraction of sp³-hybridized carbons (Fsp3) is 0.222. The van der Waals surface area contributed by atoms with Gasteiger partial charge in [-0.15, -0.1) is 0 Å². The number of methoxy groups -OCH3 is 1. The highest BCUT2D eigenvalue weighted by Gasteiger charge is 2.32. The molecule has 4 heteroatoms. The Morgan fingerprint density at radius 1 is 0.871 bits per heavy atom. The lowest BCUT2D eigenvalue weighted by atomic mass is 10.1. The maximum atomic E-state index is 13.4. The molecule has 1 amide bonds. The van der Waals surface area contributed by atoms with Gasteiger partial charge in [0, 0.05) is 11.3 Å². The topological polar surface area (TPSA) is 38.8 Å². The van der Waals surface area contributed by atoms with Crippen LogP contribution in [0.1, 0.15) is 40.4 Å². The molecule has 0 bridgehead atoms. The molecule has 0 N–H and O–H groups in total. The van der Waals surface area contributed by atoms with Crippen molar-refractivity contribution in [3.05, 3.63) is 101 Å². The lowest BCUT2D eigenvalue weighted by molar-refractivity contribution is 0.0842. The van der Waals surface area contributed by atoms with Crippen LogP contribution in [0.25, 0.3) is 5.70 Å². The van der Waals surface area contributed by atoms with Crippen molar-refractivity contribution in [3.8, 4) is 11.5 Å². The maximum Gasteiger partial charge on any atom is 0.259 e. The molecule has 31 heavy (non-hydrogen) atoms. The van der Waals surface area contributed by atoms with E-state index in [2.05, 4.69) is 25.1 Å². The summed E-state index contributed by atoms with van der Waals surface area (Å²) in [5.74, 6) is 1.55. The molecule has 0 spiro atoms. The van der Waals surface area contributed by atoms with Gasteiger partial charge in [0.2, 0.25) is 0 Å². The van der Waals surface area contributed by atoms with Crippen LogP contribution < -0.4 is 9.47 Å². The molecular weight excluding hydrogens is 386 g/mol. The standard InChI is InChI=1S/C27H27NO3/c1-3-17-31-23-14-15-24-25(18-23)27(29)28(19-21-9-12-22(30-2)13-10-21)26(24)16-11-20-7-5-4-6-8-20/h4-10,12-16,18H,3,11,17,19H2,1-2H3/b26-16+. The minimum atomic E-state index is 0.00655. The zero-order chi connectivity index (χ0) is 21.6. The fourth-order valence-electron chi connectivity index (χ4n) is 3.75. The monoisotopic (exact) mass is 413 g/mol. The second kappa shape index (κ2) is 9.52. The van der Waals surface area contributed by atoms with Gasteiger partial charge in [-0.05, 0) is 54.3 Å². The van der Waals surface area contributed by atoms with Crippen LogP contribution in [-0.2, 0) is 13.0 Å². The van der Waals surface area contributed by atoms with E-state index in [0.29, 0.717) is 18.7 Å². The number of ether oxygens (including phenoxy) is 2. The normalized spacial score (nSPS) is 14.1. The minimum absolute atomic E-state index is 0.00655. The van der Waals surface area contributed by atoms with Crippen molar-refractivity contribution in [3.63, 3.8) is 0 Å². The molecular formula is C27H27NO3. The third-order valence-electron chi connectivity index (χ3n) is 5.38. The van der Waals surface area contributed by atoms with Crippen molar-refractivity contribution in [1.29, 1.82) is 0 Å². The molecule has 3 aromatic carbocycles. The van der Waals surface area contributed by atoms with E-state index < -0.39 is 0 Å². The van der Waals surface area contributed by atoms with E-state index >= 15 is 0 Å². The van der Waals surface area contributed by atoms with Crippen LogP contribution >= 0.6 is 0 Å². The van der Waals surface area contributed by atoms with Gasteiger partial charge in [0.05, 0.1) is 25.8 Å². The minimum Gasteiger partial charge on any atom is -0.497 e. The molecule has 1 heterocycles. The highest BCUT2D eigenvalue weighted by molar-refractivity contribution is 6.09. The van der Waals surface area contributed by atoms with Crippen LogP contribution in [0.2, 0.25) is 0 Å². The number of hydrogen-bond acceptors (Lipinski definition) is 3. The number of amides is 1. The van der Waals surface area contributed by atoms with Crippen molar-refractivity contribution in [2.75, 3.05) is 13.7 Å². The summed E-state index contributed by atoms with van der Waals surface area (Å²) in [5.41, 5.74) is 4.86. The molecule has 0 aliphatic carbocycles. The van der Waals surface area contributed by atoms with Crippen molar-refractivity contribution in [1.82, 2.24) is 4.90 Å². The molecule has 0 saturated carbocycles. The predicted molar refractivity (Wildman–Crippen MR) is 123 cm³/mol. The zero-order valence-electron chi connectivity index (χ0n) is 18.0. The van der Waals surface area contributed by atoms with Gasteiger partial charge in [0.1, 0.15) is 11.5 Å². The van der Waals surface area contributed by atoms with Crippen LogP contribution in [0.3, 0.4) is 0 Å². The maximum absolute atomic E-state index is 13.4. The van der Waals surface area contributed by atoms with Gasteiger partial charge in [-0.2, -0.15) is 0 Å². The van der Waals surface area contributed by atoms with Gasteiger partial charge >= 0.3 is 0 Å². The Morgan fingerprint density at radius 3 is 2.32 bits per heavy atom. The number of nitrogens with zero attached hydrogens (tertiary/aromatic N) is 1. The molecule has 0 unspecified atom stereocenters. The first-order valence-corrected chi connectivity index (χ1v) is 10.7. The summed E-state index contributed by atoms with van der Waals surface area (Å²) in [4.78, 5) is 15.2. The summed E-state index contributed by atoms with van der Waals surface area (Å²) in [6.45, 7) is 3.21. The summed E-state index contributed by atoms with van der Waals surface area (Å²) in [6, 6.07) is 24.0. The molecule has 0 saturated heterocycles. The molecule has 1 aliphatic heterocycles. The zero-order valence-corrected chi connectivity index (χ0v) is 18.0. The Kier molecular flexibility index (Phi) is 6.37. The second-order valence-electron chi connectivity index (χ2n) is 7.57. The lowest BCUT2D eigenvalue weighted by Crippen LogP contribution is -2.22. The quantitative estimate of drug-likeness (QED) is 0.474. The number of carbonyl (C=O) groups is 1. The number of hydrogen-bond donors (Lipinski definition) is 0. The molecule has 3 aromatic rings. The molecule has 158 valence electrons. The Labute approximate surface area is 183 Å². The molecule has 0 radical (unpaired) electrons. The van der Waals surface area contributed by atoms with E-state index in [1.807, 2.05) is 65.6 Å².